The average molecular weight is 545 g/mol. The third-order valence-corrected chi connectivity index (χ3v) is 4.80. The van der Waals surface area contributed by atoms with E-state index in [-0.39, 0.29) is 29.9 Å². The van der Waals surface area contributed by atoms with Gasteiger partial charge >= 0.3 is 0 Å². The van der Waals surface area contributed by atoms with E-state index < -0.39 is 6.10 Å². The first-order valence-corrected chi connectivity index (χ1v) is 10.2. The van der Waals surface area contributed by atoms with Crippen LogP contribution in [0, 0.1) is 6.92 Å². The highest BCUT2D eigenvalue weighted by Crippen LogP contribution is 2.22. The standard InChI is InChI=1S/C22H29ClN4O2.HI/c1-3-24-22(25-14-12-20(28)17-8-5-4-6-9-17)26-15-13-21(29)27-19-11-7-10-18(23)16(19)2;/h4-11,20,28H,3,12-15H2,1-2H3,(H,27,29)(H2,24,25,26);1H. The SMILES string of the molecule is CCNC(=NCCC(O)c1ccccc1)NCCC(=O)Nc1cccc(Cl)c1C.I. The summed E-state index contributed by atoms with van der Waals surface area (Å²) < 4.78 is 0. The maximum Gasteiger partial charge on any atom is 0.226 e. The first-order valence-electron chi connectivity index (χ1n) is 9.81. The maximum absolute atomic E-state index is 12.2. The fourth-order valence-corrected chi connectivity index (χ4v) is 2.91. The molecular formula is C22H30ClIN4O2. The van der Waals surface area contributed by atoms with Gasteiger partial charge < -0.3 is 21.1 Å². The number of aliphatic hydroxyl groups is 1. The fourth-order valence-electron chi connectivity index (χ4n) is 2.73. The predicted molar refractivity (Wildman–Crippen MR) is 135 cm³/mol. The summed E-state index contributed by atoms with van der Waals surface area (Å²) in [6.07, 6.45) is 0.271. The lowest BCUT2D eigenvalue weighted by Crippen LogP contribution is -2.38. The Balaban J connectivity index is 0.00000450. The van der Waals surface area contributed by atoms with E-state index in [1.807, 2.05) is 56.3 Å². The van der Waals surface area contributed by atoms with Gasteiger partial charge in [-0.2, -0.15) is 0 Å². The second-order valence-corrected chi connectivity index (χ2v) is 7.02. The Kier molecular flexibility index (Phi) is 12.4. The largest absolute Gasteiger partial charge is 0.388 e. The number of hydrogen-bond acceptors (Lipinski definition) is 3. The molecule has 2 aromatic rings. The van der Waals surface area contributed by atoms with Gasteiger partial charge in [-0.15, -0.1) is 24.0 Å². The summed E-state index contributed by atoms with van der Waals surface area (Å²) in [6.45, 7) is 5.47. The summed E-state index contributed by atoms with van der Waals surface area (Å²) >= 11 is 6.08. The van der Waals surface area contributed by atoms with Crippen LogP contribution in [-0.4, -0.2) is 36.6 Å². The number of nitrogens with one attached hydrogen (secondary N) is 3. The Labute approximate surface area is 200 Å². The molecule has 0 saturated heterocycles. The number of benzene rings is 2. The molecule has 30 heavy (non-hydrogen) atoms. The number of halogens is 2. The van der Waals surface area contributed by atoms with Crippen LogP contribution in [0.25, 0.3) is 0 Å². The Morgan fingerprint density at radius 2 is 1.87 bits per heavy atom. The zero-order valence-electron chi connectivity index (χ0n) is 17.3. The topological polar surface area (TPSA) is 85.8 Å². The van der Waals surface area contributed by atoms with Crippen molar-refractivity contribution >= 4 is 53.1 Å². The van der Waals surface area contributed by atoms with E-state index in [1.165, 1.54) is 0 Å². The second-order valence-electron chi connectivity index (χ2n) is 6.61. The summed E-state index contributed by atoms with van der Waals surface area (Å²) in [7, 11) is 0. The van der Waals surface area contributed by atoms with E-state index in [9.17, 15) is 9.90 Å². The van der Waals surface area contributed by atoms with Crippen LogP contribution in [0.4, 0.5) is 5.69 Å². The number of guanidine groups is 1. The van der Waals surface area contributed by atoms with E-state index in [0.717, 1.165) is 16.8 Å². The van der Waals surface area contributed by atoms with Crippen molar-refractivity contribution in [2.75, 3.05) is 25.0 Å². The van der Waals surface area contributed by atoms with Crippen LogP contribution < -0.4 is 16.0 Å². The molecule has 0 aliphatic rings. The van der Waals surface area contributed by atoms with Gasteiger partial charge in [-0.1, -0.05) is 48.0 Å². The lowest BCUT2D eigenvalue weighted by atomic mass is 10.1. The van der Waals surface area contributed by atoms with Gasteiger partial charge in [0.25, 0.3) is 0 Å². The molecule has 0 radical (unpaired) electrons. The third-order valence-electron chi connectivity index (χ3n) is 4.39. The van der Waals surface area contributed by atoms with Gasteiger partial charge in [-0.3, -0.25) is 9.79 Å². The number of amides is 1. The highest BCUT2D eigenvalue weighted by molar-refractivity contribution is 14.0. The van der Waals surface area contributed by atoms with Crippen LogP contribution in [0.15, 0.2) is 53.5 Å². The summed E-state index contributed by atoms with van der Waals surface area (Å²) in [4.78, 5) is 16.7. The van der Waals surface area contributed by atoms with Gasteiger partial charge in [-0.25, -0.2) is 0 Å². The van der Waals surface area contributed by atoms with Crippen molar-refractivity contribution in [2.24, 2.45) is 4.99 Å². The monoisotopic (exact) mass is 544 g/mol. The molecule has 0 fully saturated rings. The molecule has 0 aliphatic carbocycles. The Bertz CT molecular complexity index is 818. The van der Waals surface area contributed by atoms with E-state index in [4.69, 9.17) is 11.6 Å². The average Bonchev–Trinajstić information content (AvgIpc) is 2.72. The van der Waals surface area contributed by atoms with Crippen molar-refractivity contribution in [2.45, 2.75) is 32.8 Å². The molecule has 0 spiro atoms. The molecule has 0 heterocycles. The van der Waals surface area contributed by atoms with Crippen LogP contribution in [0.1, 0.15) is 37.0 Å². The normalized spacial score (nSPS) is 11.9. The zero-order chi connectivity index (χ0) is 21.1. The minimum Gasteiger partial charge on any atom is -0.388 e. The lowest BCUT2D eigenvalue weighted by molar-refractivity contribution is -0.116. The molecule has 0 aromatic heterocycles. The maximum atomic E-state index is 12.2. The molecule has 1 amide bonds. The fraction of sp³-hybridized carbons (Fsp3) is 0.364. The number of aliphatic imine (C=N–C) groups is 1. The van der Waals surface area contributed by atoms with Crippen molar-refractivity contribution < 1.29 is 9.90 Å². The van der Waals surface area contributed by atoms with Gasteiger partial charge in [0.1, 0.15) is 0 Å². The molecule has 0 bridgehead atoms. The van der Waals surface area contributed by atoms with Crippen LogP contribution in [0.2, 0.25) is 5.02 Å². The first kappa shape index (κ1) is 26.2. The lowest BCUT2D eigenvalue weighted by Gasteiger charge is -2.13. The molecule has 1 unspecified atom stereocenters. The highest BCUT2D eigenvalue weighted by atomic mass is 127. The number of anilines is 1. The van der Waals surface area contributed by atoms with Crippen molar-refractivity contribution in [1.82, 2.24) is 10.6 Å². The van der Waals surface area contributed by atoms with Gasteiger partial charge in [0.05, 0.1) is 6.10 Å². The number of hydrogen-bond donors (Lipinski definition) is 4. The van der Waals surface area contributed by atoms with Gasteiger partial charge in [0.2, 0.25) is 5.91 Å². The summed E-state index contributed by atoms with van der Waals surface area (Å²) in [5.74, 6) is 0.526. The highest BCUT2D eigenvalue weighted by Gasteiger charge is 2.08. The molecule has 0 aliphatic heterocycles. The van der Waals surface area contributed by atoms with Crippen molar-refractivity contribution in [3.05, 3.63) is 64.7 Å². The van der Waals surface area contributed by atoms with E-state index in [1.54, 1.807) is 6.07 Å². The number of rotatable bonds is 9. The van der Waals surface area contributed by atoms with E-state index >= 15 is 0 Å². The van der Waals surface area contributed by atoms with Gasteiger partial charge in [0, 0.05) is 36.8 Å². The molecule has 0 saturated carbocycles. The molecule has 2 aromatic carbocycles. The molecule has 8 heteroatoms. The van der Waals surface area contributed by atoms with E-state index in [2.05, 4.69) is 20.9 Å². The van der Waals surface area contributed by atoms with Gasteiger partial charge in [-0.05, 0) is 43.5 Å². The summed E-state index contributed by atoms with van der Waals surface area (Å²) in [6, 6.07) is 15.0. The minimum absolute atomic E-state index is 0. The molecule has 6 nitrogen and oxygen atoms in total. The summed E-state index contributed by atoms with van der Waals surface area (Å²) in [5, 5.41) is 20.0. The third kappa shape index (κ3) is 8.89. The van der Waals surface area contributed by atoms with Gasteiger partial charge in [0.15, 0.2) is 5.96 Å². The van der Waals surface area contributed by atoms with Crippen molar-refractivity contribution in [3.8, 4) is 0 Å². The number of carbonyl (C=O) groups excluding carboxylic acids is 1. The van der Waals surface area contributed by atoms with E-state index in [0.29, 0.717) is 43.5 Å². The molecule has 2 rings (SSSR count). The molecule has 164 valence electrons. The van der Waals surface area contributed by atoms with Crippen LogP contribution >= 0.6 is 35.6 Å². The first-order chi connectivity index (χ1) is 14.0. The van der Waals surface area contributed by atoms with Crippen LogP contribution in [0.3, 0.4) is 0 Å². The predicted octanol–water partition coefficient (Wildman–Crippen LogP) is 4.27. The quantitative estimate of drug-likeness (QED) is 0.216. The van der Waals surface area contributed by atoms with Crippen molar-refractivity contribution in [1.29, 1.82) is 0 Å². The Morgan fingerprint density at radius 3 is 2.57 bits per heavy atom. The number of nitrogens with zero attached hydrogens (tertiary/aromatic N) is 1. The van der Waals surface area contributed by atoms with Crippen LogP contribution in [0.5, 0.6) is 0 Å². The molecule has 4 N–H and O–H groups in total. The Morgan fingerprint density at radius 1 is 1.13 bits per heavy atom. The second kappa shape index (κ2) is 14.2. The Hall–Kier alpha value is -1.84. The number of carbonyl (C=O) groups is 1. The minimum atomic E-state index is -0.547. The zero-order valence-corrected chi connectivity index (χ0v) is 20.4. The molecule has 1 atom stereocenters. The summed E-state index contributed by atoms with van der Waals surface area (Å²) in [5.41, 5.74) is 2.45. The van der Waals surface area contributed by atoms with Crippen molar-refractivity contribution in [3.63, 3.8) is 0 Å². The van der Waals surface area contributed by atoms with Crippen LogP contribution in [-0.2, 0) is 4.79 Å². The number of aliphatic hydroxyl groups excluding tert-OH is 1. The molecular weight excluding hydrogens is 515 g/mol. The smallest absolute Gasteiger partial charge is 0.226 e.